The van der Waals surface area contributed by atoms with Crippen LogP contribution in [0.15, 0.2) is 24.3 Å². The highest BCUT2D eigenvalue weighted by Gasteiger charge is 2.67. The van der Waals surface area contributed by atoms with Gasteiger partial charge >= 0.3 is 7.12 Å². The molecule has 21 heavy (non-hydrogen) atoms. The summed E-state index contributed by atoms with van der Waals surface area (Å²) in [5.41, 5.74) is 2.70. The van der Waals surface area contributed by atoms with Gasteiger partial charge in [0.15, 0.2) is 0 Å². The zero-order valence-corrected chi connectivity index (χ0v) is 14.5. The van der Waals surface area contributed by atoms with Gasteiger partial charge in [-0.05, 0) is 48.0 Å². The fraction of sp³-hybridized carbons (Fsp3) is 0.647. The molecule has 112 valence electrons. The van der Waals surface area contributed by atoms with E-state index in [2.05, 4.69) is 61.0 Å². The number of alkyl halides is 1. The molecule has 2 bridgehead atoms. The topological polar surface area (TPSA) is 18.5 Å². The Morgan fingerprint density at radius 3 is 2.81 bits per heavy atom. The van der Waals surface area contributed by atoms with Crippen LogP contribution in [0.5, 0.6) is 0 Å². The van der Waals surface area contributed by atoms with Crippen molar-refractivity contribution >= 4 is 28.5 Å². The van der Waals surface area contributed by atoms with Gasteiger partial charge in [-0.25, -0.2) is 0 Å². The predicted molar refractivity (Wildman–Crippen MR) is 88.8 cm³/mol. The van der Waals surface area contributed by atoms with Crippen LogP contribution < -0.4 is 5.46 Å². The molecule has 5 rings (SSSR count). The summed E-state index contributed by atoms with van der Waals surface area (Å²) in [6, 6.07) is 8.53. The van der Waals surface area contributed by atoms with Crippen molar-refractivity contribution in [2.24, 2.45) is 17.3 Å². The molecule has 1 aromatic rings. The minimum absolute atomic E-state index is 0.118. The molecule has 0 spiro atoms. The Kier molecular flexibility index (Phi) is 3.12. The highest BCUT2D eigenvalue weighted by Crippen LogP contribution is 2.65. The third kappa shape index (κ3) is 1.92. The van der Waals surface area contributed by atoms with E-state index in [1.807, 2.05) is 0 Å². The van der Waals surface area contributed by atoms with Gasteiger partial charge in [-0.3, -0.25) is 0 Å². The molecule has 1 heterocycles. The summed E-state index contributed by atoms with van der Waals surface area (Å²) >= 11 is 3.52. The first kappa shape index (κ1) is 14.3. The van der Waals surface area contributed by atoms with E-state index in [-0.39, 0.29) is 18.8 Å². The van der Waals surface area contributed by atoms with E-state index < -0.39 is 0 Å². The second-order valence-corrected chi connectivity index (χ2v) is 8.24. The van der Waals surface area contributed by atoms with Crippen molar-refractivity contribution < 1.29 is 9.31 Å². The Morgan fingerprint density at radius 1 is 1.29 bits per heavy atom. The number of halogens is 1. The quantitative estimate of drug-likeness (QED) is 0.601. The van der Waals surface area contributed by atoms with Crippen molar-refractivity contribution in [2.75, 3.05) is 0 Å². The van der Waals surface area contributed by atoms with Crippen LogP contribution in [0, 0.1) is 17.3 Å². The first-order chi connectivity index (χ1) is 9.95. The lowest BCUT2D eigenvalue weighted by atomic mass is 9.43. The van der Waals surface area contributed by atoms with Crippen molar-refractivity contribution in [3.63, 3.8) is 0 Å². The van der Waals surface area contributed by atoms with Crippen LogP contribution in [-0.2, 0) is 14.6 Å². The molecule has 0 amide bonds. The molecular weight excluding hydrogens is 327 g/mol. The lowest BCUT2D eigenvalue weighted by Gasteiger charge is -2.64. The fourth-order valence-corrected chi connectivity index (χ4v) is 5.18. The summed E-state index contributed by atoms with van der Waals surface area (Å²) in [5.74, 6) is 1.43. The average Bonchev–Trinajstić information content (AvgIpc) is 2.84. The molecule has 1 aliphatic heterocycles. The van der Waals surface area contributed by atoms with E-state index in [1.54, 1.807) is 0 Å². The first-order valence-corrected chi connectivity index (χ1v) is 9.05. The lowest BCUT2D eigenvalue weighted by molar-refractivity contribution is -0.199. The Labute approximate surface area is 135 Å². The summed E-state index contributed by atoms with van der Waals surface area (Å²) in [5, 5.41) is 0.867. The number of benzene rings is 1. The van der Waals surface area contributed by atoms with Gasteiger partial charge in [-0.1, -0.05) is 54.0 Å². The van der Waals surface area contributed by atoms with E-state index in [9.17, 15) is 0 Å². The van der Waals surface area contributed by atoms with Crippen LogP contribution in [0.2, 0.25) is 0 Å². The molecule has 4 aliphatic rings. The van der Waals surface area contributed by atoms with E-state index in [1.165, 1.54) is 12.0 Å². The SMILES string of the molecule is CC1(C)[C@@H]2C[C@H]3OB(c4cccc(CBr)c4)O[C@@]3(C)[C@H]1C2. The van der Waals surface area contributed by atoms with E-state index in [0.29, 0.717) is 11.3 Å². The molecule has 4 fully saturated rings. The zero-order chi connectivity index (χ0) is 14.8. The van der Waals surface area contributed by atoms with Gasteiger partial charge in [0.1, 0.15) is 0 Å². The number of hydrogen-bond acceptors (Lipinski definition) is 2. The highest BCUT2D eigenvalue weighted by atomic mass is 79.9. The maximum Gasteiger partial charge on any atom is 0.494 e. The van der Waals surface area contributed by atoms with Gasteiger partial charge in [-0.15, -0.1) is 0 Å². The lowest BCUT2D eigenvalue weighted by Crippen LogP contribution is -2.65. The molecule has 1 saturated heterocycles. The highest BCUT2D eigenvalue weighted by molar-refractivity contribution is 9.08. The summed E-state index contributed by atoms with van der Waals surface area (Å²) in [6.07, 6.45) is 2.71. The third-order valence-corrected chi connectivity index (χ3v) is 6.97. The summed E-state index contributed by atoms with van der Waals surface area (Å²) in [6.45, 7) is 7.07. The first-order valence-electron chi connectivity index (χ1n) is 7.93. The van der Waals surface area contributed by atoms with Gasteiger partial charge in [0.05, 0.1) is 11.7 Å². The van der Waals surface area contributed by atoms with E-state index >= 15 is 0 Å². The van der Waals surface area contributed by atoms with Crippen LogP contribution in [0.1, 0.15) is 39.2 Å². The second kappa shape index (κ2) is 4.59. The van der Waals surface area contributed by atoms with Gasteiger partial charge in [0, 0.05) is 5.33 Å². The number of rotatable bonds is 2. The average molecular weight is 349 g/mol. The van der Waals surface area contributed by atoms with Crippen LogP contribution in [0.3, 0.4) is 0 Å². The van der Waals surface area contributed by atoms with Crippen molar-refractivity contribution in [1.82, 2.24) is 0 Å². The van der Waals surface area contributed by atoms with E-state index in [4.69, 9.17) is 9.31 Å². The standard InChI is InChI=1S/C17H22BBrO2/c1-16(2)12-8-14(16)17(3)15(9-12)20-18(21-17)13-6-4-5-11(7-13)10-19/h4-7,12,14-15H,8-10H2,1-3H3/t12-,14-,15+,17-/m0/s1. The third-order valence-electron chi connectivity index (χ3n) is 6.33. The van der Waals surface area contributed by atoms with Gasteiger partial charge in [0.25, 0.3) is 0 Å². The molecule has 3 saturated carbocycles. The van der Waals surface area contributed by atoms with Crippen molar-refractivity contribution in [3.05, 3.63) is 29.8 Å². The van der Waals surface area contributed by atoms with Crippen molar-refractivity contribution in [1.29, 1.82) is 0 Å². The van der Waals surface area contributed by atoms with Crippen LogP contribution in [0.25, 0.3) is 0 Å². The van der Waals surface area contributed by atoms with Crippen LogP contribution in [0.4, 0.5) is 0 Å². The summed E-state index contributed by atoms with van der Waals surface area (Å²) in [4.78, 5) is 0. The summed E-state index contributed by atoms with van der Waals surface area (Å²) in [7, 11) is -0.200. The molecule has 3 aliphatic carbocycles. The smallest absolute Gasteiger partial charge is 0.402 e. The molecule has 0 aromatic heterocycles. The molecule has 4 atom stereocenters. The normalized spacial score (nSPS) is 39.8. The molecular formula is C17H22BBrO2. The maximum atomic E-state index is 6.49. The van der Waals surface area contributed by atoms with Crippen LogP contribution >= 0.6 is 15.9 Å². The largest absolute Gasteiger partial charge is 0.494 e. The van der Waals surface area contributed by atoms with Crippen molar-refractivity contribution in [3.8, 4) is 0 Å². The molecule has 4 heteroatoms. The van der Waals surface area contributed by atoms with Gasteiger partial charge in [0.2, 0.25) is 0 Å². The molecule has 2 nitrogen and oxygen atoms in total. The Bertz CT molecular complexity index is 576. The molecule has 0 unspecified atom stereocenters. The van der Waals surface area contributed by atoms with Crippen LogP contribution in [-0.4, -0.2) is 18.8 Å². The molecule has 0 N–H and O–H groups in total. The predicted octanol–water partition coefficient (Wildman–Crippen LogP) is 3.52. The maximum absolute atomic E-state index is 6.49. The zero-order valence-electron chi connectivity index (χ0n) is 12.9. The fourth-order valence-electron chi connectivity index (χ4n) is 4.83. The second-order valence-electron chi connectivity index (χ2n) is 7.68. The summed E-state index contributed by atoms with van der Waals surface area (Å²) < 4.78 is 12.8. The van der Waals surface area contributed by atoms with E-state index in [0.717, 1.165) is 23.1 Å². The molecule has 1 aromatic carbocycles. The van der Waals surface area contributed by atoms with Gasteiger partial charge in [-0.2, -0.15) is 0 Å². The molecule has 0 radical (unpaired) electrons. The Balaban J connectivity index is 1.62. The Morgan fingerprint density at radius 2 is 2.10 bits per heavy atom. The number of hydrogen-bond donors (Lipinski definition) is 0. The Hall–Kier alpha value is -0.315. The monoisotopic (exact) mass is 348 g/mol. The van der Waals surface area contributed by atoms with Gasteiger partial charge < -0.3 is 9.31 Å². The van der Waals surface area contributed by atoms with Crippen molar-refractivity contribution in [2.45, 2.75) is 50.6 Å². The minimum atomic E-state index is -0.200. The minimum Gasteiger partial charge on any atom is -0.402 e.